The van der Waals surface area contributed by atoms with Gasteiger partial charge in [0.1, 0.15) is 18.2 Å². The molecule has 0 radical (unpaired) electrons. The molecule has 1 aliphatic rings. The predicted molar refractivity (Wildman–Crippen MR) is 80.1 cm³/mol. The lowest BCUT2D eigenvalue weighted by atomic mass is 10.1. The maximum absolute atomic E-state index is 12.7. The summed E-state index contributed by atoms with van der Waals surface area (Å²) in [5.74, 6) is 0.526. The number of carbonyl (C=O) groups is 1. The van der Waals surface area contributed by atoms with E-state index in [9.17, 15) is 17.6 Å². The molecule has 0 bridgehead atoms. The van der Waals surface area contributed by atoms with Gasteiger partial charge >= 0.3 is 6.03 Å². The molecule has 1 heterocycles. The molecule has 0 aliphatic carbocycles. The first-order valence-corrected chi connectivity index (χ1v) is 8.87. The quantitative estimate of drug-likeness (QED) is 0.760. The Morgan fingerprint density at radius 3 is 2.64 bits per heavy atom. The van der Waals surface area contributed by atoms with E-state index in [1.54, 1.807) is 0 Å². The highest BCUT2D eigenvalue weighted by Crippen LogP contribution is 2.17. The fraction of sp³-hybridized carbons (Fsp3) is 0.500. The van der Waals surface area contributed by atoms with Crippen LogP contribution in [0.1, 0.15) is 6.42 Å². The number of rotatable bonds is 6. The summed E-state index contributed by atoms with van der Waals surface area (Å²) in [7, 11) is -2.92. The number of nitrogens with one attached hydrogen (secondary N) is 2. The van der Waals surface area contributed by atoms with Crippen molar-refractivity contribution in [3.05, 3.63) is 30.1 Å². The van der Waals surface area contributed by atoms with Gasteiger partial charge in [0.05, 0.1) is 18.1 Å². The van der Waals surface area contributed by atoms with Crippen molar-refractivity contribution in [1.29, 1.82) is 0 Å². The number of amides is 2. The summed E-state index contributed by atoms with van der Waals surface area (Å²) in [6, 6.07) is 5.26. The lowest BCUT2D eigenvalue weighted by Gasteiger charge is -2.11. The Hall–Kier alpha value is -1.83. The van der Waals surface area contributed by atoms with Gasteiger partial charge in [-0.2, -0.15) is 0 Å². The Balaban J connectivity index is 1.57. The van der Waals surface area contributed by atoms with Crippen molar-refractivity contribution in [2.24, 2.45) is 5.92 Å². The highest BCUT2D eigenvalue weighted by Gasteiger charge is 2.27. The molecule has 0 aromatic heterocycles. The Morgan fingerprint density at radius 1 is 1.27 bits per heavy atom. The number of carbonyl (C=O) groups excluding carboxylic acids is 1. The van der Waals surface area contributed by atoms with E-state index in [1.807, 2.05) is 0 Å². The van der Waals surface area contributed by atoms with Crippen molar-refractivity contribution in [3.63, 3.8) is 0 Å². The highest BCUT2D eigenvalue weighted by molar-refractivity contribution is 7.91. The van der Waals surface area contributed by atoms with Crippen molar-refractivity contribution >= 4 is 15.9 Å². The Bertz CT molecular complexity index is 604. The molecule has 0 spiro atoms. The summed E-state index contributed by atoms with van der Waals surface area (Å²) in [4.78, 5) is 11.5. The Labute approximate surface area is 129 Å². The highest BCUT2D eigenvalue weighted by atomic mass is 32.2. The third-order valence-corrected chi connectivity index (χ3v) is 5.19. The summed E-state index contributed by atoms with van der Waals surface area (Å²) < 4.78 is 40.6. The zero-order valence-electron chi connectivity index (χ0n) is 12.0. The van der Waals surface area contributed by atoms with Crippen LogP contribution >= 0.6 is 0 Å². The third-order valence-electron chi connectivity index (χ3n) is 3.35. The van der Waals surface area contributed by atoms with Crippen LogP contribution in [0.15, 0.2) is 24.3 Å². The van der Waals surface area contributed by atoms with Gasteiger partial charge in [-0.3, -0.25) is 0 Å². The minimum Gasteiger partial charge on any atom is -0.492 e. The lowest BCUT2D eigenvalue weighted by Crippen LogP contribution is -2.40. The maximum atomic E-state index is 12.7. The zero-order chi connectivity index (χ0) is 16.0. The molecule has 1 atom stereocenters. The van der Waals surface area contributed by atoms with Gasteiger partial charge < -0.3 is 15.4 Å². The van der Waals surface area contributed by atoms with Crippen LogP contribution < -0.4 is 15.4 Å². The van der Waals surface area contributed by atoms with Gasteiger partial charge in [-0.15, -0.1) is 0 Å². The van der Waals surface area contributed by atoms with E-state index >= 15 is 0 Å². The molecule has 2 rings (SSSR count). The smallest absolute Gasteiger partial charge is 0.314 e. The average molecular weight is 330 g/mol. The molecule has 22 heavy (non-hydrogen) atoms. The third kappa shape index (κ3) is 5.51. The second-order valence-corrected chi connectivity index (χ2v) is 7.44. The van der Waals surface area contributed by atoms with Gasteiger partial charge in [0.15, 0.2) is 9.84 Å². The van der Waals surface area contributed by atoms with Crippen molar-refractivity contribution < 1.29 is 22.3 Å². The number of ether oxygens (including phenoxy) is 1. The molecule has 1 aromatic carbocycles. The van der Waals surface area contributed by atoms with E-state index in [2.05, 4.69) is 10.6 Å². The molecular formula is C14H19FN2O4S. The zero-order valence-corrected chi connectivity index (χ0v) is 12.9. The van der Waals surface area contributed by atoms with Gasteiger partial charge in [-0.25, -0.2) is 17.6 Å². The molecule has 1 aliphatic heterocycles. The number of hydrogen-bond acceptors (Lipinski definition) is 4. The van der Waals surface area contributed by atoms with Crippen LogP contribution in [0.5, 0.6) is 5.75 Å². The van der Waals surface area contributed by atoms with Crippen molar-refractivity contribution in [1.82, 2.24) is 10.6 Å². The summed E-state index contributed by atoms with van der Waals surface area (Å²) in [6.07, 6.45) is 0.594. The van der Waals surface area contributed by atoms with E-state index in [1.165, 1.54) is 24.3 Å². The van der Waals surface area contributed by atoms with Gasteiger partial charge in [0.2, 0.25) is 0 Å². The van der Waals surface area contributed by atoms with Gasteiger partial charge in [-0.05, 0) is 36.6 Å². The van der Waals surface area contributed by atoms with Crippen LogP contribution in [0.25, 0.3) is 0 Å². The van der Waals surface area contributed by atoms with Crippen molar-refractivity contribution in [3.8, 4) is 5.75 Å². The fourth-order valence-electron chi connectivity index (χ4n) is 2.20. The first-order chi connectivity index (χ1) is 10.4. The van der Waals surface area contributed by atoms with Crippen LogP contribution in [-0.2, 0) is 9.84 Å². The molecular weight excluding hydrogens is 311 g/mol. The molecule has 122 valence electrons. The van der Waals surface area contributed by atoms with Crippen LogP contribution in [0.4, 0.5) is 9.18 Å². The Morgan fingerprint density at radius 2 is 2.00 bits per heavy atom. The molecule has 2 amide bonds. The SMILES string of the molecule is O=C(NCCOc1ccc(F)cc1)NCC1CCS(=O)(=O)C1. The molecule has 2 N–H and O–H groups in total. The van der Waals surface area contributed by atoms with E-state index in [0.717, 1.165) is 0 Å². The molecule has 1 fully saturated rings. The van der Waals surface area contributed by atoms with Gasteiger partial charge in [-0.1, -0.05) is 0 Å². The minimum atomic E-state index is -2.92. The van der Waals surface area contributed by atoms with Gasteiger partial charge in [0, 0.05) is 6.54 Å². The van der Waals surface area contributed by atoms with E-state index in [4.69, 9.17) is 4.74 Å². The lowest BCUT2D eigenvalue weighted by molar-refractivity contribution is 0.235. The molecule has 1 saturated heterocycles. The first-order valence-electron chi connectivity index (χ1n) is 7.05. The number of sulfone groups is 1. The molecule has 1 aromatic rings. The fourth-order valence-corrected chi connectivity index (χ4v) is 4.06. The predicted octanol–water partition coefficient (Wildman–Crippen LogP) is 0.938. The number of halogens is 1. The average Bonchev–Trinajstić information content (AvgIpc) is 2.83. The first kappa shape index (κ1) is 16.5. The largest absolute Gasteiger partial charge is 0.492 e. The van der Waals surface area contributed by atoms with Crippen LogP contribution in [0.2, 0.25) is 0 Å². The number of benzene rings is 1. The standard InChI is InChI=1S/C14H19FN2O4S/c15-12-1-3-13(4-2-12)21-7-6-16-14(18)17-9-11-5-8-22(19,20)10-11/h1-4,11H,5-10H2,(H2,16,17,18). The van der Waals surface area contributed by atoms with Crippen molar-refractivity contribution in [2.45, 2.75) is 6.42 Å². The summed E-state index contributed by atoms with van der Waals surface area (Å²) in [5, 5.41) is 5.26. The van der Waals surface area contributed by atoms with Crippen LogP contribution in [0.3, 0.4) is 0 Å². The normalized spacial score (nSPS) is 19.6. The van der Waals surface area contributed by atoms with Crippen molar-refractivity contribution in [2.75, 3.05) is 31.2 Å². The Kier molecular flexibility index (Phi) is 5.59. The summed E-state index contributed by atoms with van der Waals surface area (Å²) in [5.41, 5.74) is 0. The van der Waals surface area contributed by atoms with E-state index < -0.39 is 9.84 Å². The van der Waals surface area contributed by atoms with E-state index in [0.29, 0.717) is 25.3 Å². The van der Waals surface area contributed by atoms with Gasteiger partial charge in [0.25, 0.3) is 0 Å². The summed E-state index contributed by atoms with van der Waals surface area (Å²) >= 11 is 0. The monoisotopic (exact) mass is 330 g/mol. The van der Waals surface area contributed by atoms with E-state index in [-0.39, 0.29) is 35.9 Å². The summed E-state index contributed by atoms with van der Waals surface area (Å²) in [6.45, 7) is 0.910. The molecule has 6 nitrogen and oxygen atoms in total. The molecule has 8 heteroatoms. The topological polar surface area (TPSA) is 84.5 Å². The minimum absolute atomic E-state index is 0.00813. The van der Waals surface area contributed by atoms with Crippen LogP contribution in [0, 0.1) is 11.7 Å². The maximum Gasteiger partial charge on any atom is 0.314 e. The number of hydrogen-bond donors (Lipinski definition) is 2. The second-order valence-electron chi connectivity index (χ2n) is 5.21. The second kappa shape index (κ2) is 7.44. The number of urea groups is 1. The molecule has 1 unspecified atom stereocenters. The van der Waals surface area contributed by atoms with Crippen LogP contribution in [-0.4, -0.2) is 45.7 Å². The molecule has 0 saturated carbocycles.